The van der Waals surface area contributed by atoms with Crippen molar-refractivity contribution < 1.29 is 1.37 Å². The van der Waals surface area contributed by atoms with E-state index in [1.54, 1.807) is 0 Å². The van der Waals surface area contributed by atoms with E-state index in [1.807, 2.05) is 18.2 Å². The van der Waals surface area contributed by atoms with Crippen molar-refractivity contribution in [1.82, 2.24) is 0 Å². The zero-order valence-corrected chi connectivity index (χ0v) is 10.4. The quantitative estimate of drug-likeness (QED) is 0.540. The average Bonchev–Trinajstić information content (AvgIpc) is 2.26. The molecule has 0 fully saturated rings. The minimum atomic E-state index is 0.202. The molecule has 0 unspecified atom stereocenters. The molecule has 0 spiro atoms. The number of benzene rings is 1. The van der Waals surface area contributed by atoms with Gasteiger partial charge in [-0.1, -0.05) is 0 Å². The first-order valence-corrected chi connectivity index (χ1v) is 6.94. The molecule has 0 radical (unpaired) electrons. The molecular weight excluding hydrogens is 235 g/mol. The molecule has 0 heterocycles. The van der Waals surface area contributed by atoms with Gasteiger partial charge >= 0.3 is 94.8 Å². The van der Waals surface area contributed by atoms with Gasteiger partial charge in [0.25, 0.3) is 0 Å². The number of rotatable bonds is 6. The SMILES string of the molecule is [2H]/C(=C/CCCCC)[Se]c1ccccc1. The van der Waals surface area contributed by atoms with E-state index in [-0.39, 0.29) is 15.0 Å². The third-order valence-corrected chi connectivity index (χ3v) is 3.62. The predicted molar refractivity (Wildman–Crippen MR) is 65.1 cm³/mol. The zero-order valence-electron chi connectivity index (χ0n) is 9.70. The van der Waals surface area contributed by atoms with Crippen molar-refractivity contribution in [3.63, 3.8) is 0 Å². The van der Waals surface area contributed by atoms with Crippen LogP contribution in [-0.2, 0) is 0 Å². The average molecular weight is 254 g/mol. The normalized spacial score (nSPS) is 12.6. The Bertz CT molecular complexity index is 293. The molecule has 1 aromatic carbocycles. The van der Waals surface area contributed by atoms with Crippen LogP contribution >= 0.6 is 0 Å². The van der Waals surface area contributed by atoms with Gasteiger partial charge in [0.15, 0.2) is 0 Å². The van der Waals surface area contributed by atoms with Crippen LogP contribution in [-0.4, -0.2) is 15.0 Å². The zero-order chi connectivity index (χ0) is 10.9. The van der Waals surface area contributed by atoms with Crippen LogP contribution in [0.3, 0.4) is 0 Å². The van der Waals surface area contributed by atoms with E-state index < -0.39 is 0 Å². The topological polar surface area (TPSA) is 0 Å². The first-order chi connectivity index (χ1) is 7.33. The molecule has 0 aromatic heterocycles. The van der Waals surface area contributed by atoms with Crippen molar-refractivity contribution in [2.45, 2.75) is 32.6 Å². The van der Waals surface area contributed by atoms with E-state index in [2.05, 4.69) is 25.1 Å². The summed E-state index contributed by atoms with van der Waals surface area (Å²) in [5.41, 5.74) is 0. The second-order valence-electron chi connectivity index (χ2n) is 3.23. The van der Waals surface area contributed by atoms with E-state index in [4.69, 9.17) is 1.37 Å². The Balaban J connectivity index is 2.32. The Morgan fingerprint density at radius 3 is 2.79 bits per heavy atom. The van der Waals surface area contributed by atoms with E-state index >= 15 is 0 Å². The molecule has 0 saturated carbocycles. The molecule has 0 aliphatic rings. The van der Waals surface area contributed by atoms with Crippen LogP contribution in [0.5, 0.6) is 0 Å². The van der Waals surface area contributed by atoms with Crippen LogP contribution in [0.15, 0.2) is 41.4 Å². The summed E-state index contributed by atoms with van der Waals surface area (Å²) in [5.74, 6) is 0. The molecule has 0 saturated heterocycles. The summed E-state index contributed by atoms with van der Waals surface area (Å²) >= 11 is 0.202. The molecule has 1 heteroatoms. The van der Waals surface area contributed by atoms with Gasteiger partial charge in [0.2, 0.25) is 0 Å². The monoisotopic (exact) mass is 255 g/mol. The molecule has 0 aliphatic carbocycles. The molecule has 0 atom stereocenters. The van der Waals surface area contributed by atoms with Crippen molar-refractivity contribution in [2.75, 3.05) is 0 Å². The van der Waals surface area contributed by atoms with Crippen LogP contribution in [0.4, 0.5) is 0 Å². The van der Waals surface area contributed by atoms with E-state index in [0.717, 1.165) is 11.4 Å². The van der Waals surface area contributed by atoms with Gasteiger partial charge in [0.1, 0.15) is 0 Å². The molecular formula is C13H18Se. The second kappa shape index (κ2) is 7.84. The Hall–Kier alpha value is -0.521. The van der Waals surface area contributed by atoms with Gasteiger partial charge in [-0.2, -0.15) is 0 Å². The third kappa shape index (κ3) is 5.26. The number of hydrogen-bond acceptors (Lipinski definition) is 0. The molecule has 14 heavy (non-hydrogen) atoms. The molecule has 0 N–H and O–H groups in total. The summed E-state index contributed by atoms with van der Waals surface area (Å²) in [6, 6.07) is 10.3. The molecule has 1 aromatic rings. The number of unbranched alkanes of at least 4 members (excludes halogenated alkanes) is 3. The van der Waals surface area contributed by atoms with Crippen LogP contribution < -0.4 is 4.46 Å². The van der Waals surface area contributed by atoms with Crippen LogP contribution in [0.25, 0.3) is 0 Å². The summed E-state index contributed by atoms with van der Waals surface area (Å²) in [7, 11) is 0. The fourth-order valence-corrected chi connectivity index (χ4v) is 2.48. The Labute approximate surface area is 95.0 Å². The Kier molecular flexibility index (Phi) is 5.61. The number of allylic oxidation sites excluding steroid dienone is 1. The van der Waals surface area contributed by atoms with Crippen molar-refractivity contribution in [3.05, 3.63) is 41.4 Å². The fraction of sp³-hybridized carbons (Fsp3) is 0.385. The summed E-state index contributed by atoms with van der Waals surface area (Å²) in [5, 5.41) is 0. The molecule has 0 bridgehead atoms. The minimum absolute atomic E-state index is 0.202. The van der Waals surface area contributed by atoms with E-state index in [1.165, 1.54) is 23.7 Å². The fourth-order valence-electron chi connectivity index (χ4n) is 1.15. The maximum absolute atomic E-state index is 7.83. The number of hydrogen-bond donors (Lipinski definition) is 0. The van der Waals surface area contributed by atoms with Crippen LogP contribution in [0, 0.1) is 0 Å². The molecule has 0 nitrogen and oxygen atoms in total. The summed E-state index contributed by atoms with van der Waals surface area (Å²) in [6.07, 6.45) is 6.92. The first kappa shape index (κ1) is 10.0. The van der Waals surface area contributed by atoms with Gasteiger partial charge in [-0.3, -0.25) is 0 Å². The summed E-state index contributed by atoms with van der Waals surface area (Å²) < 4.78 is 9.13. The molecule has 1 rings (SSSR count). The van der Waals surface area contributed by atoms with Crippen molar-refractivity contribution >= 4 is 19.4 Å². The maximum atomic E-state index is 7.83. The van der Waals surface area contributed by atoms with E-state index in [9.17, 15) is 0 Å². The van der Waals surface area contributed by atoms with Gasteiger partial charge < -0.3 is 0 Å². The first-order valence-electron chi connectivity index (χ1n) is 5.72. The second-order valence-corrected chi connectivity index (χ2v) is 5.14. The predicted octanol–water partition coefficient (Wildman–Crippen LogP) is 3.11. The molecule has 0 amide bonds. The van der Waals surface area contributed by atoms with E-state index in [0.29, 0.717) is 0 Å². The van der Waals surface area contributed by atoms with Crippen molar-refractivity contribution in [1.29, 1.82) is 0 Å². The summed E-state index contributed by atoms with van der Waals surface area (Å²) in [6.45, 7) is 2.21. The Morgan fingerprint density at radius 2 is 2.07 bits per heavy atom. The van der Waals surface area contributed by atoms with Gasteiger partial charge in [0, 0.05) is 0 Å². The van der Waals surface area contributed by atoms with Gasteiger partial charge in [-0.15, -0.1) is 0 Å². The van der Waals surface area contributed by atoms with Crippen LogP contribution in [0.1, 0.15) is 34.0 Å². The van der Waals surface area contributed by atoms with Crippen molar-refractivity contribution in [2.24, 2.45) is 0 Å². The van der Waals surface area contributed by atoms with Gasteiger partial charge in [0.05, 0.1) is 0 Å². The molecule has 0 aliphatic heterocycles. The van der Waals surface area contributed by atoms with Gasteiger partial charge in [-0.25, -0.2) is 0 Å². The Morgan fingerprint density at radius 1 is 1.29 bits per heavy atom. The van der Waals surface area contributed by atoms with Gasteiger partial charge in [-0.05, 0) is 0 Å². The van der Waals surface area contributed by atoms with Crippen molar-refractivity contribution in [3.8, 4) is 0 Å². The summed E-state index contributed by atoms with van der Waals surface area (Å²) in [4.78, 5) is 0.810. The standard InChI is InChI=1S/C13H18Se/c1-2-3-4-5-9-12-14-13-10-7-6-8-11-13/h6-12H,2-5H2,1H3/b12-9-/i12D. The molecule has 76 valence electrons. The van der Waals surface area contributed by atoms with Crippen LogP contribution in [0.2, 0.25) is 0 Å². The third-order valence-electron chi connectivity index (χ3n) is 1.96.